The fourth-order valence-electron chi connectivity index (χ4n) is 5.88. The number of pyridine rings is 2. The first-order valence-corrected chi connectivity index (χ1v) is 16.8. The molecule has 2 atom stereocenters. The van der Waals surface area contributed by atoms with Gasteiger partial charge >= 0.3 is 6.09 Å². The predicted octanol–water partition coefficient (Wildman–Crippen LogP) is 6.03. The maximum absolute atomic E-state index is 13.4. The lowest BCUT2D eigenvalue weighted by atomic mass is 10.0. The Labute approximate surface area is 283 Å². The van der Waals surface area contributed by atoms with E-state index >= 15 is 0 Å². The van der Waals surface area contributed by atoms with Crippen molar-refractivity contribution in [3.8, 4) is 5.75 Å². The first kappa shape index (κ1) is 34.8. The molecule has 3 amide bonds. The van der Waals surface area contributed by atoms with Crippen molar-refractivity contribution < 1.29 is 23.9 Å². The predicted molar refractivity (Wildman–Crippen MR) is 185 cm³/mol. The van der Waals surface area contributed by atoms with E-state index in [2.05, 4.69) is 26.6 Å². The van der Waals surface area contributed by atoms with Crippen molar-refractivity contribution >= 4 is 23.7 Å². The van der Waals surface area contributed by atoms with Gasteiger partial charge in [0.25, 0.3) is 11.8 Å². The minimum atomic E-state index is -0.571. The number of nitrogens with one attached hydrogen (secondary N) is 2. The number of amides is 3. The van der Waals surface area contributed by atoms with Crippen LogP contribution in [0.25, 0.3) is 0 Å². The molecule has 0 bridgehead atoms. The minimum absolute atomic E-state index is 0.0758. The molecule has 1 unspecified atom stereocenters. The molecule has 2 fully saturated rings. The van der Waals surface area contributed by atoms with E-state index in [4.69, 9.17) is 14.5 Å². The first-order chi connectivity index (χ1) is 22.8. The highest BCUT2D eigenvalue weighted by molar-refractivity contribution is 6.07. The van der Waals surface area contributed by atoms with E-state index in [0.717, 1.165) is 11.3 Å². The Bertz CT molecular complexity index is 1630. The van der Waals surface area contributed by atoms with Crippen molar-refractivity contribution in [3.05, 3.63) is 82.3 Å². The van der Waals surface area contributed by atoms with Gasteiger partial charge in [0.1, 0.15) is 17.2 Å². The van der Waals surface area contributed by atoms with Gasteiger partial charge in [-0.2, -0.15) is 0 Å². The number of carbonyl (C=O) groups excluding carboxylic acids is 3. The third-order valence-corrected chi connectivity index (χ3v) is 8.62. The zero-order valence-corrected chi connectivity index (χ0v) is 29.1. The van der Waals surface area contributed by atoms with Crippen LogP contribution < -0.4 is 15.4 Å². The number of aryl methyl sites for hydroxylation is 2. The molecule has 2 N–H and O–H groups in total. The van der Waals surface area contributed by atoms with E-state index in [-0.39, 0.29) is 29.5 Å². The van der Waals surface area contributed by atoms with Crippen molar-refractivity contribution in [2.24, 2.45) is 0 Å². The Morgan fingerprint density at radius 1 is 1.00 bits per heavy atom. The normalized spacial score (nSPS) is 17.4. The van der Waals surface area contributed by atoms with Crippen molar-refractivity contribution in [3.63, 3.8) is 0 Å². The molecule has 0 radical (unpaired) electrons. The number of hydrogen-bond acceptors (Lipinski definition) is 8. The smallest absolute Gasteiger partial charge is 0.410 e. The summed E-state index contributed by atoms with van der Waals surface area (Å²) in [5.74, 6) is 0.683. The van der Waals surface area contributed by atoms with Crippen molar-refractivity contribution in [1.29, 1.82) is 0 Å². The zero-order chi connectivity index (χ0) is 34.6. The summed E-state index contributed by atoms with van der Waals surface area (Å²) in [6.45, 7) is 15.8. The highest BCUT2D eigenvalue weighted by atomic mass is 16.6. The molecule has 256 valence electrons. The number of nitrogens with zero attached hydrogens (tertiary/aromatic N) is 4. The number of carbonyl (C=O) groups is 3. The van der Waals surface area contributed by atoms with E-state index in [9.17, 15) is 14.4 Å². The Morgan fingerprint density at radius 3 is 2.40 bits per heavy atom. The average molecular weight is 657 g/mol. The van der Waals surface area contributed by atoms with Crippen LogP contribution in [0.3, 0.4) is 0 Å². The lowest BCUT2D eigenvalue weighted by Crippen LogP contribution is -2.55. The Balaban J connectivity index is 1.42. The van der Waals surface area contributed by atoms with Gasteiger partial charge in [-0.25, -0.2) is 9.78 Å². The standard InChI is InChI=1S/C37H48N6O5/c1-8-38-34(44)29-19-28(35(45)41-33-23(2)10-9-15-39-33)24(3)18-31(29)47-32(30-14-13-27(20-40-30)26-11-12-26)22-42-16-17-43(25(4)21-42)36(46)48-37(5,6)7/h9-10,13-15,18-20,25-26,32H,8,11-12,16-17,21-22H2,1-7H3,(H,38,44)(H,39,41,45)/t25-,32?/m1/s1. The number of aromatic nitrogens is 2. The van der Waals surface area contributed by atoms with E-state index < -0.39 is 11.7 Å². The number of piperazine rings is 1. The third kappa shape index (κ3) is 8.69. The number of rotatable bonds is 10. The van der Waals surface area contributed by atoms with E-state index in [1.54, 1.807) is 23.2 Å². The van der Waals surface area contributed by atoms with E-state index in [0.29, 0.717) is 61.3 Å². The summed E-state index contributed by atoms with van der Waals surface area (Å²) in [5.41, 5.74) is 3.48. The van der Waals surface area contributed by atoms with Crippen LogP contribution in [-0.4, -0.2) is 82.0 Å². The van der Waals surface area contributed by atoms with Gasteiger partial charge in [0.2, 0.25) is 0 Å². The molecule has 0 spiro atoms. The van der Waals surface area contributed by atoms with Crippen LogP contribution in [0.15, 0.2) is 48.8 Å². The number of hydrogen-bond donors (Lipinski definition) is 2. The van der Waals surface area contributed by atoms with Gasteiger partial charge in [0.15, 0.2) is 6.10 Å². The second-order valence-electron chi connectivity index (χ2n) is 13.8. The number of anilines is 1. The Hall–Kier alpha value is -4.51. The van der Waals surface area contributed by atoms with Crippen LogP contribution in [0.2, 0.25) is 0 Å². The average Bonchev–Trinajstić information content (AvgIpc) is 3.87. The fraction of sp³-hybridized carbons (Fsp3) is 0.486. The first-order valence-electron chi connectivity index (χ1n) is 16.8. The SMILES string of the molecule is CCNC(=O)c1cc(C(=O)Nc2ncccc2C)c(C)cc1OC(CN1CCN(C(=O)OC(C)(C)C)[C@H](C)C1)c1ccc(C2CC2)cn1. The highest BCUT2D eigenvalue weighted by Gasteiger charge is 2.33. The molecule has 5 rings (SSSR count). The summed E-state index contributed by atoms with van der Waals surface area (Å²) in [6, 6.07) is 11.1. The van der Waals surface area contributed by atoms with Crippen LogP contribution in [0.1, 0.15) is 103 Å². The van der Waals surface area contributed by atoms with Crippen molar-refractivity contribution in [1.82, 2.24) is 25.1 Å². The molecule has 1 saturated carbocycles. The highest BCUT2D eigenvalue weighted by Crippen LogP contribution is 2.40. The van der Waals surface area contributed by atoms with Crippen LogP contribution >= 0.6 is 0 Å². The summed E-state index contributed by atoms with van der Waals surface area (Å²) >= 11 is 0. The molecule has 48 heavy (non-hydrogen) atoms. The van der Waals surface area contributed by atoms with Crippen LogP contribution in [0.5, 0.6) is 5.75 Å². The van der Waals surface area contributed by atoms with Crippen molar-refractivity contribution in [2.75, 3.05) is 38.0 Å². The zero-order valence-electron chi connectivity index (χ0n) is 29.1. The number of benzene rings is 1. The van der Waals surface area contributed by atoms with E-state index in [1.165, 1.54) is 18.4 Å². The molecule has 1 saturated heterocycles. The van der Waals surface area contributed by atoms with Gasteiger partial charge < -0.3 is 25.0 Å². The van der Waals surface area contributed by atoms with Gasteiger partial charge in [-0.1, -0.05) is 12.1 Å². The topological polar surface area (TPSA) is 126 Å². The Morgan fingerprint density at radius 2 is 1.77 bits per heavy atom. The summed E-state index contributed by atoms with van der Waals surface area (Å²) in [5, 5.41) is 5.74. The molecule has 3 heterocycles. The second kappa shape index (κ2) is 14.7. The monoisotopic (exact) mass is 656 g/mol. The molecule has 2 aromatic heterocycles. The maximum atomic E-state index is 13.4. The molecule has 3 aromatic rings. The van der Waals surface area contributed by atoms with Crippen molar-refractivity contribution in [2.45, 2.75) is 85.0 Å². The molecular weight excluding hydrogens is 608 g/mol. The molecule has 11 nitrogen and oxygen atoms in total. The third-order valence-electron chi connectivity index (χ3n) is 8.62. The fourth-order valence-corrected chi connectivity index (χ4v) is 5.88. The summed E-state index contributed by atoms with van der Waals surface area (Å²) < 4.78 is 12.4. The maximum Gasteiger partial charge on any atom is 0.410 e. The largest absolute Gasteiger partial charge is 0.482 e. The van der Waals surface area contributed by atoms with Gasteiger partial charge in [-0.3, -0.25) is 19.5 Å². The molecule has 1 aliphatic heterocycles. The second-order valence-corrected chi connectivity index (χ2v) is 13.8. The lowest BCUT2D eigenvalue weighted by molar-refractivity contribution is -0.00317. The summed E-state index contributed by atoms with van der Waals surface area (Å²) in [7, 11) is 0. The van der Waals surface area contributed by atoms with Gasteiger partial charge in [-0.05, 0) is 108 Å². The van der Waals surface area contributed by atoms with Crippen LogP contribution in [0, 0.1) is 13.8 Å². The quantitative estimate of drug-likeness (QED) is 0.271. The molecular formula is C37H48N6O5. The Kier molecular flexibility index (Phi) is 10.7. The van der Waals surface area contributed by atoms with Crippen LogP contribution in [-0.2, 0) is 4.74 Å². The molecule has 1 aromatic carbocycles. The van der Waals surface area contributed by atoms with Gasteiger partial charge in [0, 0.05) is 56.7 Å². The number of ether oxygens (including phenoxy) is 2. The minimum Gasteiger partial charge on any atom is -0.482 e. The van der Waals surface area contributed by atoms with E-state index in [1.807, 2.05) is 72.9 Å². The summed E-state index contributed by atoms with van der Waals surface area (Å²) in [6.07, 6.45) is 5.06. The van der Waals surface area contributed by atoms with Gasteiger partial charge in [-0.15, -0.1) is 0 Å². The molecule has 11 heteroatoms. The summed E-state index contributed by atoms with van der Waals surface area (Å²) in [4.78, 5) is 52.9. The van der Waals surface area contributed by atoms with Gasteiger partial charge in [0.05, 0.1) is 11.3 Å². The lowest BCUT2D eigenvalue weighted by Gasteiger charge is -2.41. The molecule has 2 aliphatic rings. The van der Waals surface area contributed by atoms with Crippen LogP contribution in [0.4, 0.5) is 10.6 Å². The molecule has 1 aliphatic carbocycles.